The van der Waals surface area contributed by atoms with Gasteiger partial charge in [-0.1, -0.05) is 18.2 Å². The van der Waals surface area contributed by atoms with Gasteiger partial charge in [-0.25, -0.2) is 9.07 Å². The highest BCUT2D eigenvalue weighted by molar-refractivity contribution is 7.20. The topological polar surface area (TPSA) is 46.9 Å². The standard InChI is InChI=1S/C19H14FN3OS/c1-12-16-11-17(18(24)21-14-9-7-13(20)8-10-14)25-19(16)23(22-12)15-5-3-2-4-6-15/h2-11H,1H3,(H,21,24). The third-order valence-corrected chi connectivity index (χ3v) is 4.98. The molecule has 0 spiro atoms. The van der Waals surface area contributed by atoms with Crippen LogP contribution < -0.4 is 5.32 Å². The molecule has 0 unspecified atom stereocenters. The van der Waals surface area contributed by atoms with Crippen molar-refractivity contribution in [2.75, 3.05) is 5.32 Å². The number of nitrogens with one attached hydrogen (secondary N) is 1. The molecular weight excluding hydrogens is 337 g/mol. The van der Waals surface area contributed by atoms with E-state index in [2.05, 4.69) is 10.4 Å². The number of hydrogen-bond acceptors (Lipinski definition) is 3. The smallest absolute Gasteiger partial charge is 0.265 e. The quantitative estimate of drug-likeness (QED) is 0.577. The van der Waals surface area contributed by atoms with Gasteiger partial charge in [0.25, 0.3) is 5.91 Å². The van der Waals surface area contributed by atoms with E-state index in [1.165, 1.54) is 35.6 Å². The maximum absolute atomic E-state index is 13.0. The van der Waals surface area contributed by atoms with Gasteiger partial charge in [-0.2, -0.15) is 5.10 Å². The summed E-state index contributed by atoms with van der Waals surface area (Å²) in [6.45, 7) is 1.93. The van der Waals surface area contributed by atoms with Crippen LogP contribution in [-0.2, 0) is 0 Å². The Hall–Kier alpha value is -2.99. The van der Waals surface area contributed by atoms with Gasteiger partial charge in [0, 0.05) is 11.1 Å². The number of aryl methyl sites for hydroxylation is 1. The molecule has 0 aliphatic carbocycles. The van der Waals surface area contributed by atoms with E-state index in [-0.39, 0.29) is 11.7 Å². The van der Waals surface area contributed by atoms with Gasteiger partial charge in [0.05, 0.1) is 16.3 Å². The lowest BCUT2D eigenvalue weighted by Crippen LogP contribution is -2.10. The Morgan fingerprint density at radius 3 is 2.56 bits per heavy atom. The van der Waals surface area contributed by atoms with Crippen LogP contribution in [0.3, 0.4) is 0 Å². The first-order valence-electron chi connectivity index (χ1n) is 7.73. The van der Waals surface area contributed by atoms with Crippen molar-refractivity contribution < 1.29 is 9.18 Å². The maximum Gasteiger partial charge on any atom is 0.265 e. The number of anilines is 1. The largest absolute Gasteiger partial charge is 0.321 e. The summed E-state index contributed by atoms with van der Waals surface area (Å²) in [6.07, 6.45) is 0. The van der Waals surface area contributed by atoms with Crippen molar-refractivity contribution in [3.63, 3.8) is 0 Å². The predicted octanol–water partition coefficient (Wildman–Crippen LogP) is 4.79. The molecular formula is C19H14FN3OS. The molecule has 0 aliphatic rings. The number of benzene rings is 2. The van der Waals surface area contributed by atoms with Crippen LogP contribution in [0.15, 0.2) is 60.7 Å². The number of hydrogen-bond donors (Lipinski definition) is 1. The third-order valence-electron chi connectivity index (χ3n) is 3.87. The summed E-state index contributed by atoms with van der Waals surface area (Å²) < 4.78 is 14.8. The molecule has 124 valence electrons. The van der Waals surface area contributed by atoms with E-state index in [0.29, 0.717) is 10.6 Å². The summed E-state index contributed by atoms with van der Waals surface area (Å²) in [5.74, 6) is -0.551. The van der Waals surface area contributed by atoms with E-state index in [4.69, 9.17) is 0 Å². The number of thiophene rings is 1. The molecule has 0 bridgehead atoms. The molecule has 4 aromatic rings. The summed E-state index contributed by atoms with van der Waals surface area (Å²) in [6, 6.07) is 17.4. The second kappa shape index (κ2) is 6.14. The second-order valence-corrected chi connectivity index (χ2v) is 6.65. The van der Waals surface area contributed by atoms with Gasteiger partial charge >= 0.3 is 0 Å². The number of rotatable bonds is 3. The van der Waals surface area contributed by atoms with Crippen molar-refractivity contribution in [1.82, 2.24) is 9.78 Å². The zero-order valence-corrected chi connectivity index (χ0v) is 14.2. The number of para-hydroxylation sites is 1. The van der Waals surface area contributed by atoms with Crippen LogP contribution in [0.2, 0.25) is 0 Å². The minimum Gasteiger partial charge on any atom is -0.321 e. The molecule has 0 saturated heterocycles. The number of carbonyl (C=O) groups is 1. The lowest BCUT2D eigenvalue weighted by atomic mass is 10.3. The summed E-state index contributed by atoms with van der Waals surface area (Å²) in [5, 5.41) is 8.31. The van der Waals surface area contributed by atoms with E-state index in [1.807, 2.05) is 48.0 Å². The fourth-order valence-corrected chi connectivity index (χ4v) is 3.71. The maximum atomic E-state index is 13.0. The fraction of sp³-hybridized carbons (Fsp3) is 0.0526. The van der Waals surface area contributed by atoms with Gasteiger partial charge < -0.3 is 5.32 Å². The third kappa shape index (κ3) is 2.92. The van der Waals surface area contributed by atoms with Crippen LogP contribution in [0.4, 0.5) is 10.1 Å². The van der Waals surface area contributed by atoms with Gasteiger partial charge in [0.2, 0.25) is 0 Å². The van der Waals surface area contributed by atoms with Crippen LogP contribution >= 0.6 is 11.3 Å². The molecule has 25 heavy (non-hydrogen) atoms. The number of aromatic nitrogens is 2. The highest BCUT2D eigenvalue weighted by Crippen LogP contribution is 2.30. The van der Waals surface area contributed by atoms with Crippen molar-refractivity contribution in [2.45, 2.75) is 6.92 Å². The number of carbonyl (C=O) groups excluding carboxylic acids is 1. The average Bonchev–Trinajstić information content (AvgIpc) is 3.19. The zero-order valence-electron chi connectivity index (χ0n) is 13.4. The Morgan fingerprint density at radius 2 is 1.84 bits per heavy atom. The van der Waals surface area contributed by atoms with E-state index in [1.54, 1.807) is 0 Å². The molecule has 2 aromatic heterocycles. The molecule has 6 heteroatoms. The minimum atomic E-state index is -0.335. The van der Waals surface area contributed by atoms with E-state index in [9.17, 15) is 9.18 Å². The molecule has 0 aliphatic heterocycles. The summed E-state index contributed by atoms with van der Waals surface area (Å²) in [7, 11) is 0. The minimum absolute atomic E-state index is 0.216. The molecule has 0 radical (unpaired) electrons. The number of fused-ring (bicyclic) bond motifs is 1. The molecule has 4 rings (SSSR count). The lowest BCUT2D eigenvalue weighted by Gasteiger charge is -2.03. The van der Waals surface area contributed by atoms with Gasteiger partial charge in [-0.15, -0.1) is 11.3 Å². The highest BCUT2D eigenvalue weighted by Gasteiger charge is 2.17. The Bertz CT molecular complexity index is 1050. The number of halogens is 1. The number of amides is 1. The molecule has 4 nitrogen and oxygen atoms in total. The van der Waals surface area contributed by atoms with Gasteiger partial charge in [-0.3, -0.25) is 4.79 Å². The van der Waals surface area contributed by atoms with Crippen LogP contribution in [0.1, 0.15) is 15.4 Å². The van der Waals surface area contributed by atoms with Crippen molar-refractivity contribution in [1.29, 1.82) is 0 Å². The van der Waals surface area contributed by atoms with E-state index < -0.39 is 0 Å². The Balaban J connectivity index is 1.69. The first-order chi connectivity index (χ1) is 12.1. The molecule has 2 heterocycles. The fourth-order valence-electron chi connectivity index (χ4n) is 2.63. The van der Waals surface area contributed by atoms with Gasteiger partial charge in [-0.05, 0) is 49.4 Å². The first-order valence-corrected chi connectivity index (χ1v) is 8.55. The monoisotopic (exact) mass is 351 g/mol. The van der Waals surface area contributed by atoms with Crippen LogP contribution in [0.25, 0.3) is 15.9 Å². The molecule has 0 fully saturated rings. The highest BCUT2D eigenvalue weighted by atomic mass is 32.1. The normalized spacial score (nSPS) is 11.0. The average molecular weight is 351 g/mol. The Morgan fingerprint density at radius 1 is 1.12 bits per heavy atom. The summed E-state index contributed by atoms with van der Waals surface area (Å²) >= 11 is 1.38. The first kappa shape index (κ1) is 15.5. The molecule has 2 aromatic carbocycles. The van der Waals surface area contributed by atoms with Crippen LogP contribution in [0.5, 0.6) is 0 Å². The summed E-state index contributed by atoms with van der Waals surface area (Å²) in [4.78, 5) is 14.0. The molecule has 0 saturated carbocycles. The molecule has 1 N–H and O–H groups in total. The second-order valence-electron chi connectivity index (χ2n) is 5.62. The zero-order chi connectivity index (χ0) is 17.4. The van der Waals surface area contributed by atoms with Crippen molar-refractivity contribution in [3.05, 3.63) is 77.1 Å². The Labute approximate surface area is 147 Å². The van der Waals surface area contributed by atoms with Gasteiger partial charge in [0.1, 0.15) is 10.6 Å². The van der Waals surface area contributed by atoms with E-state index >= 15 is 0 Å². The summed E-state index contributed by atoms with van der Waals surface area (Å²) in [5.41, 5.74) is 2.38. The molecule has 1 amide bonds. The lowest BCUT2D eigenvalue weighted by molar-refractivity contribution is 0.103. The van der Waals surface area contributed by atoms with Crippen molar-refractivity contribution in [2.24, 2.45) is 0 Å². The number of nitrogens with zero attached hydrogens (tertiary/aromatic N) is 2. The SMILES string of the molecule is Cc1nn(-c2ccccc2)c2sc(C(=O)Nc3ccc(F)cc3)cc12. The Kier molecular flexibility index (Phi) is 3.82. The van der Waals surface area contributed by atoms with Crippen LogP contribution in [-0.4, -0.2) is 15.7 Å². The molecule has 0 atom stereocenters. The van der Waals surface area contributed by atoms with Crippen molar-refractivity contribution >= 4 is 33.1 Å². The van der Waals surface area contributed by atoms with Gasteiger partial charge in [0.15, 0.2) is 0 Å². The van der Waals surface area contributed by atoms with Crippen molar-refractivity contribution in [3.8, 4) is 5.69 Å². The predicted molar refractivity (Wildman–Crippen MR) is 98.0 cm³/mol. The van der Waals surface area contributed by atoms with Crippen LogP contribution in [0, 0.1) is 12.7 Å². The van der Waals surface area contributed by atoms with E-state index in [0.717, 1.165) is 21.6 Å².